The van der Waals surface area contributed by atoms with Gasteiger partial charge in [-0.2, -0.15) is 0 Å². The van der Waals surface area contributed by atoms with Gasteiger partial charge in [-0.15, -0.1) is 0 Å². The normalized spacial score (nSPS) is 11.4. The van der Waals surface area contributed by atoms with Crippen molar-refractivity contribution in [3.63, 3.8) is 0 Å². The average molecular weight is 739 g/mol. The maximum Gasteiger partial charge on any atom is 0.0562 e. The zero-order valence-electron chi connectivity index (χ0n) is 31.8. The van der Waals surface area contributed by atoms with Gasteiger partial charge in [-0.25, -0.2) is 0 Å². The highest BCUT2D eigenvalue weighted by atomic mass is 15.1. The second-order valence-electron chi connectivity index (χ2n) is 14.9. The van der Waals surface area contributed by atoms with Crippen LogP contribution in [0.4, 0.5) is 17.1 Å². The molecule has 0 atom stereocenters. The van der Waals surface area contributed by atoms with Crippen molar-refractivity contribution in [2.24, 2.45) is 0 Å². The summed E-state index contributed by atoms with van der Waals surface area (Å²) in [5, 5.41) is 7.39. The van der Waals surface area contributed by atoms with Crippen LogP contribution in [0.25, 0.3) is 82.4 Å². The Kier molecular flexibility index (Phi) is 8.19. The van der Waals surface area contributed by atoms with E-state index in [1.165, 1.54) is 71.2 Å². The second kappa shape index (κ2) is 14.1. The molecular formula is C56H38N2. The molecule has 272 valence electrons. The number of fused-ring (bicyclic) bond motifs is 5. The first kappa shape index (κ1) is 33.6. The standard InChI is InChI=1S/C56H38N2/c1-3-17-41(18-4-1)47-27-11-13-31-54(47)58-55-32-14-12-28-51(55)52-36-34-44(38-56(52)58)57(42-23-5-2-6-24-42)43-33-35-50(48-29-15-21-39-19-7-9-25-45(39)48)53(37-43)49-30-16-22-40-20-8-10-26-46(40)49/h1-38H. The molecule has 11 aromatic rings. The summed E-state index contributed by atoms with van der Waals surface area (Å²) < 4.78 is 2.45. The maximum atomic E-state index is 2.45. The Balaban J connectivity index is 1.17. The van der Waals surface area contributed by atoms with Crippen LogP contribution in [-0.4, -0.2) is 4.57 Å². The van der Waals surface area contributed by atoms with Crippen molar-refractivity contribution in [1.82, 2.24) is 4.57 Å². The number of rotatable bonds is 7. The molecule has 0 N–H and O–H groups in total. The summed E-state index contributed by atoms with van der Waals surface area (Å²) in [5.41, 5.74) is 14.0. The molecule has 0 saturated heterocycles. The van der Waals surface area contributed by atoms with Crippen molar-refractivity contribution in [3.8, 4) is 39.1 Å². The Morgan fingerprint density at radius 3 is 1.53 bits per heavy atom. The van der Waals surface area contributed by atoms with Crippen LogP contribution in [0.15, 0.2) is 231 Å². The smallest absolute Gasteiger partial charge is 0.0562 e. The SMILES string of the molecule is c1ccc(-c2ccccc2-n2c3ccccc3c3ccc(N(c4ccccc4)c4ccc(-c5cccc6ccccc56)c(-c5cccc6ccccc56)c4)cc32)cc1. The van der Waals surface area contributed by atoms with E-state index in [9.17, 15) is 0 Å². The molecular weight excluding hydrogens is 701 g/mol. The highest BCUT2D eigenvalue weighted by Crippen LogP contribution is 2.45. The van der Waals surface area contributed by atoms with E-state index in [0.717, 1.165) is 28.3 Å². The fraction of sp³-hybridized carbons (Fsp3) is 0. The first-order chi connectivity index (χ1) is 28.8. The van der Waals surface area contributed by atoms with Gasteiger partial charge in [0.1, 0.15) is 0 Å². The quantitative estimate of drug-likeness (QED) is 0.158. The van der Waals surface area contributed by atoms with Crippen molar-refractivity contribution >= 4 is 60.4 Å². The lowest BCUT2D eigenvalue weighted by Crippen LogP contribution is -2.10. The van der Waals surface area contributed by atoms with E-state index in [1.54, 1.807) is 0 Å². The number of nitrogens with zero attached hydrogens (tertiary/aromatic N) is 2. The van der Waals surface area contributed by atoms with Gasteiger partial charge in [0.25, 0.3) is 0 Å². The van der Waals surface area contributed by atoms with E-state index < -0.39 is 0 Å². The molecule has 0 radical (unpaired) electrons. The number of hydrogen-bond donors (Lipinski definition) is 0. The van der Waals surface area contributed by atoms with Crippen molar-refractivity contribution in [3.05, 3.63) is 231 Å². The predicted octanol–water partition coefficient (Wildman–Crippen LogP) is 15.6. The topological polar surface area (TPSA) is 8.17 Å². The van der Waals surface area contributed by atoms with E-state index in [4.69, 9.17) is 0 Å². The van der Waals surface area contributed by atoms with E-state index in [-0.39, 0.29) is 0 Å². The molecule has 0 aliphatic heterocycles. The molecule has 0 aliphatic rings. The fourth-order valence-corrected chi connectivity index (χ4v) is 8.96. The van der Waals surface area contributed by atoms with Gasteiger partial charge in [-0.05, 0) is 97.9 Å². The van der Waals surface area contributed by atoms with E-state index in [2.05, 4.69) is 240 Å². The largest absolute Gasteiger partial charge is 0.310 e. The van der Waals surface area contributed by atoms with Crippen LogP contribution in [-0.2, 0) is 0 Å². The third-order valence-corrected chi connectivity index (χ3v) is 11.6. The molecule has 0 spiro atoms. The van der Waals surface area contributed by atoms with Crippen LogP contribution < -0.4 is 4.90 Å². The number of hydrogen-bond acceptors (Lipinski definition) is 1. The van der Waals surface area contributed by atoms with Crippen LogP contribution in [0, 0.1) is 0 Å². The Hall–Kier alpha value is -7.68. The fourth-order valence-electron chi connectivity index (χ4n) is 8.96. The van der Waals surface area contributed by atoms with Crippen molar-refractivity contribution < 1.29 is 0 Å². The predicted molar refractivity (Wildman–Crippen MR) is 247 cm³/mol. The monoisotopic (exact) mass is 738 g/mol. The number of para-hydroxylation sites is 3. The Morgan fingerprint density at radius 2 is 0.793 bits per heavy atom. The summed E-state index contributed by atoms with van der Waals surface area (Å²) in [5.74, 6) is 0. The van der Waals surface area contributed by atoms with Crippen molar-refractivity contribution in [2.75, 3.05) is 4.90 Å². The van der Waals surface area contributed by atoms with Crippen molar-refractivity contribution in [2.45, 2.75) is 0 Å². The lowest BCUT2D eigenvalue weighted by molar-refractivity contribution is 1.18. The summed E-state index contributed by atoms with van der Waals surface area (Å²) in [4.78, 5) is 2.41. The Bertz CT molecular complexity index is 3280. The molecule has 1 aromatic heterocycles. The highest BCUT2D eigenvalue weighted by Gasteiger charge is 2.21. The van der Waals surface area contributed by atoms with Crippen LogP contribution in [0.3, 0.4) is 0 Å². The third-order valence-electron chi connectivity index (χ3n) is 11.6. The average Bonchev–Trinajstić information content (AvgIpc) is 3.63. The van der Waals surface area contributed by atoms with Gasteiger partial charge in [0.2, 0.25) is 0 Å². The first-order valence-corrected chi connectivity index (χ1v) is 19.9. The molecule has 0 fully saturated rings. The molecule has 0 bridgehead atoms. The van der Waals surface area contributed by atoms with Gasteiger partial charge < -0.3 is 9.47 Å². The zero-order chi connectivity index (χ0) is 38.4. The molecule has 2 nitrogen and oxygen atoms in total. The zero-order valence-corrected chi connectivity index (χ0v) is 31.8. The lowest BCUT2D eigenvalue weighted by Gasteiger charge is -2.27. The maximum absolute atomic E-state index is 2.45. The van der Waals surface area contributed by atoms with Gasteiger partial charge >= 0.3 is 0 Å². The molecule has 1 heterocycles. The van der Waals surface area contributed by atoms with E-state index in [0.29, 0.717) is 0 Å². The second-order valence-corrected chi connectivity index (χ2v) is 14.9. The summed E-state index contributed by atoms with van der Waals surface area (Å²) in [6.45, 7) is 0. The van der Waals surface area contributed by atoms with Gasteiger partial charge in [0.05, 0.1) is 16.7 Å². The number of aromatic nitrogens is 1. The molecule has 0 amide bonds. The van der Waals surface area contributed by atoms with Crippen LogP contribution in [0.2, 0.25) is 0 Å². The minimum Gasteiger partial charge on any atom is -0.310 e. The molecule has 10 aromatic carbocycles. The number of benzene rings is 10. The molecule has 0 aliphatic carbocycles. The van der Waals surface area contributed by atoms with Gasteiger partial charge in [0.15, 0.2) is 0 Å². The third kappa shape index (κ3) is 5.66. The number of anilines is 3. The summed E-state index contributed by atoms with van der Waals surface area (Å²) in [7, 11) is 0. The molecule has 58 heavy (non-hydrogen) atoms. The van der Waals surface area contributed by atoms with Crippen LogP contribution in [0.1, 0.15) is 0 Å². The van der Waals surface area contributed by atoms with Crippen LogP contribution in [0.5, 0.6) is 0 Å². The first-order valence-electron chi connectivity index (χ1n) is 19.9. The van der Waals surface area contributed by atoms with E-state index >= 15 is 0 Å². The molecule has 0 saturated carbocycles. The lowest BCUT2D eigenvalue weighted by atomic mass is 9.88. The van der Waals surface area contributed by atoms with Crippen LogP contribution >= 0.6 is 0 Å². The minimum atomic E-state index is 1.08. The molecule has 2 heteroatoms. The van der Waals surface area contributed by atoms with E-state index in [1.807, 2.05) is 0 Å². The Labute approximate surface area is 338 Å². The highest BCUT2D eigenvalue weighted by molar-refractivity contribution is 6.11. The summed E-state index contributed by atoms with van der Waals surface area (Å²) >= 11 is 0. The Morgan fingerprint density at radius 1 is 0.276 bits per heavy atom. The van der Waals surface area contributed by atoms with Gasteiger partial charge in [-0.3, -0.25) is 0 Å². The summed E-state index contributed by atoms with van der Waals surface area (Å²) in [6, 6.07) is 83.8. The summed E-state index contributed by atoms with van der Waals surface area (Å²) in [6.07, 6.45) is 0. The van der Waals surface area contributed by atoms with Gasteiger partial charge in [-0.1, -0.05) is 182 Å². The molecule has 11 rings (SSSR count). The van der Waals surface area contributed by atoms with Gasteiger partial charge in [0, 0.05) is 33.4 Å². The molecule has 0 unspecified atom stereocenters. The van der Waals surface area contributed by atoms with Crippen molar-refractivity contribution in [1.29, 1.82) is 0 Å². The minimum absolute atomic E-state index is 1.08.